The second-order valence-corrected chi connectivity index (χ2v) is 33.8. The topological polar surface area (TPSA) is 468 Å². The molecule has 3 heterocycles. The van der Waals surface area contributed by atoms with Crippen LogP contribution >= 0.6 is 0 Å². The number of carbonyl (C=O) groups excluding carboxylic acids is 14. The Morgan fingerprint density at radius 2 is 0.526 bits per heavy atom. The molecule has 14 atom stereocenters. The summed E-state index contributed by atoms with van der Waals surface area (Å²) in [6, 6.07) is 0.00298. The lowest BCUT2D eigenvalue weighted by Crippen LogP contribution is -2.62. The van der Waals surface area contributed by atoms with E-state index in [0.29, 0.717) is 24.0 Å². The van der Waals surface area contributed by atoms with E-state index in [0.717, 1.165) is 0 Å². The molecule has 114 heavy (non-hydrogen) atoms. The predicted molar refractivity (Wildman–Crippen MR) is 435 cm³/mol. The number of fused-ring (bicyclic) bond motifs is 2. The first-order valence-electron chi connectivity index (χ1n) is 41.4. The average molecular weight is 1600 g/mol. The van der Waals surface area contributed by atoms with Gasteiger partial charge in [-0.2, -0.15) is 0 Å². The third-order valence-corrected chi connectivity index (χ3v) is 20.7. The number of benzene rings is 2. The van der Waals surface area contributed by atoms with Crippen LogP contribution in [0.3, 0.4) is 0 Å². The fourth-order valence-corrected chi connectivity index (χ4v) is 14.7. The molecule has 3 aliphatic heterocycles. The second kappa shape index (κ2) is 47.7. The number of rotatable bonds is 25. The van der Waals surface area contributed by atoms with Gasteiger partial charge in [0.25, 0.3) is 0 Å². The fraction of sp³-hybridized carbons (Fsp3) is 0.687. The van der Waals surface area contributed by atoms with E-state index >= 15 is 9.59 Å². The van der Waals surface area contributed by atoms with Gasteiger partial charge in [0.1, 0.15) is 84.6 Å². The molecule has 5 rings (SSSR count). The molecule has 0 bridgehead atoms. The monoisotopic (exact) mass is 1590 g/mol. The number of nitrogens with two attached hydrogens (primary N) is 3. The van der Waals surface area contributed by atoms with E-state index in [9.17, 15) is 57.5 Å². The first-order valence-corrected chi connectivity index (χ1v) is 41.4. The molecule has 0 aliphatic carbocycles. The zero-order valence-electron chi connectivity index (χ0n) is 69.8. The van der Waals surface area contributed by atoms with Crippen LogP contribution in [0, 0.1) is 41.4 Å². The minimum absolute atomic E-state index is 0.000355. The van der Waals surface area contributed by atoms with Gasteiger partial charge in [0.2, 0.25) is 82.7 Å². The first-order chi connectivity index (χ1) is 54.0. The zero-order chi connectivity index (χ0) is 84.6. The Morgan fingerprint density at radius 3 is 0.772 bits per heavy atom. The van der Waals surface area contributed by atoms with E-state index in [2.05, 4.69) is 63.8 Å². The Balaban J connectivity index is 1.62. The Labute approximate surface area is 674 Å². The van der Waals surface area contributed by atoms with Crippen molar-refractivity contribution in [3.8, 4) is 0 Å². The van der Waals surface area contributed by atoms with Crippen LogP contribution in [0.5, 0.6) is 0 Å². The van der Waals surface area contributed by atoms with Crippen molar-refractivity contribution in [3.05, 3.63) is 71.8 Å². The second-order valence-electron chi connectivity index (χ2n) is 33.8. The molecule has 0 saturated carbocycles. The highest BCUT2D eigenvalue weighted by Gasteiger charge is 2.44. The van der Waals surface area contributed by atoms with Crippen LogP contribution in [0.25, 0.3) is 0 Å². The molecule has 18 N–H and O–H groups in total. The number of nitrogens with zero attached hydrogens (tertiary/aromatic N) is 2. The van der Waals surface area contributed by atoms with E-state index in [-0.39, 0.29) is 159 Å². The molecule has 0 spiro atoms. The minimum Gasteiger partial charge on any atom is -0.343 e. The molecular weight excluding hydrogens is 1460 g/mol. The third kappa shape index (κ3) is 30.6. The summed E-state index contributed by atoms with van der Waals surface area (Å²) in [4.78, 5) is 211. The molecule has 636 valence electrons. The van der Waals surface area contributed by atoms with Crippen LogP contribution in [-0.2, 0) is 80.0 Å². The maximum Gasteiger partial charge on any atom is 0.246 e. The number of hydrogen-bond donors (Lipinski definition) is 15. The van der Waals surface area contributed by atoms with Crippen LogP contribution in [0.2, 0.25) is 0 Å². The van der Waals surface area contributed by atoms with Gasteiger partial charge < -0.3 is 90.8 Å². The summed E-state index contributed by atoms with van der Waals surface area (Å²) >= 11 is 0. The quantitative estimate of drug-likeness (QED) is 0.0676. The van der Waals surface area contributed by atoms with E-state index in [1.807, 2.05) is 69.2 Å². The smallest absolute Gasteiger partial charge is 0.246 e. The summed E-state index contributed by atoms with van der Waals surface area (Å²) in [6.45, 7) is 25.7. The van der Waals surface area contributed by atoms with Gasteiger partial charge in [-0.1, -0.05) is 158 Å². The Hall–Kier alpha value is -9.10. The molecule has 3 saturated heterocycles. The molecule has 14 amide bonds. The zero-order valence-corrected chi connectivity index (χ0v) is 69.8. The third-order valence-electron chi connectivity index (χ3n) is 20.7. The Bertz CT molecular complexity index is 3510. The lowest BCUT2D eigenvalue weighted by Gasteiger charge is -2.32. The van der Waals surface area contributed by atoms with Crippen LogP contribution in [0.1, 0.15) is 204 Å². The van der Waals surface area contributed by atoms with E-state index in [1.54, 1.807) is 88.4 Å². The molecule has 2 aromatic carbocycles. The first kappa shape index (κ1) is 95.5. The SMILES string of the molecule is CC(C)C[C@@H]1NC(=O)[C@H](CCCN)NC(=O)[C@H](C(C)C)NC(=O)[C@@H]2CCCN2C(=O)[C@@H](Cc2ccccc2)NC(=O)[C@H](CC(C)C)NC(=O)[C@H](CCCN)NC(=O)[C@H](CC(C)C)NC(=O)[C@H](CC(C)C)NC(=O)[C@H](C(C)C)NC(=O)[C@@H]2CCCN2C(=O)[C@@H](Cc2ccccc2)NC(=O)[C@H](CC(C)C)NC(=O)[C@H](CCCN)NC1=O. The summed E-state index contributed by atoms with van der Waals surface area (Å²) < 4.78 is 0. The molecular formula is C83H135N17O14. The number of hydrogen-bond acceptors (Lipinski definition) is 17. The highest BCUT2D eigenvalue weighted by molar-refractivity contribution is 6.01. The summed E-state index contributed by atoms with van der Waals surface area (Å²) in [7, 11) is 0. The predicted octanol–water partition coefficient (Wildman–Crippen LogP) is 2.04. The standard InChI is InChI=1S/C83H135N17O14/c1-47(2)40-59-73(104)87-56(30-21-35-84)70(101)91-61(42-49(5)6)76(107)96-65(46-55-28-19-16-20-29-55)83(114)100-39-25-34-67(100)79(110)98-69(53(13)14)81(112)94-63(44-51(9)10)75(106)93-60(41-48(3)4)74(105)88-57(31-22-36-85)71(102)92-62(43-50(7)8)77(108)95-64(45-54-26-17-15-18-27-54)82(113)99-38-24-33-66(99)78(109)97-68(52(11)12)80(111)89-58(32-23-37-86)72(103)90-59/h15-20,26-29,47-53,56-69H,21-25,30-46,84-86H2,1-14H3,(H,87,104)(H,88,105)(H,89,111)(H,90,103)(H,91,101)(H,92,102)(H,93,106)(H,94,112)(H,95,108)(H,96,107)(H,97,109)(H,98,110)/t56-,57-,58-,59-,60-,61-,62-,63-,64+,65+,66-,67-,68-,69-/m0/s1. The van der Waals surface area contributed by atoms with Gasteiger partial charge in [0.15, 0.2) is 0 Å². The Morgan fingerprint density at radius 1 is 0.298 bits per heavy atom. The van der Waals surface area contributed by atoms with Gasteiger partial charge in [-0.15, -0.1) is 0 Å². The van der Waals surface area contributed by atoms with E-state index in [1.165, 1.54) is 9.80 Å². The van der Waals surface area contributed by atoms with Gasteiger partial charge in [0, 0.05) is 25.9 Å². The van der Waals surface area contributed by atoms with Crippen LogP contribution < -0.4 is 81.0 Å². The van der Waals surface area contributed by atoms with Gasteiger partial charge >= 0.3 is 0 Å². The lowest BCUT2D eigenvalue weighted by molar-refractivity contribution is -0.143. The maximum absolute atomic E-state index is 15.2. The van der Waals surface area contributed by atoms with Crippen molar-refractivity contribution in [2.75, 3.05) is 32.7 Å². The summed E-state index contributed by atoms with van der Waals surface area (Å²) in [5, 5.41) is 34.2. The normalized spacial score (nSPS) is 26.3. The van der Waals surface area contributed by atoms with Gasteiger partial charge in [0.05, 0.1) is 0 Å². The van der Waals surface area contributed by atoms with Crippen LogP contribution in [0.15, 0.2) is 60.7 Å². The lowest BCUT2D eigenvalue weighted by atomic mass is 9.98. The molecule has 0 unspecified atom stereocenters. The van der Waals surface area contributed by atoms with E-state index < -0.39 is 179 Å². The molecule has 31 nitrogen and oxygen atoms in total. The number of amides is 14. The van der Waals surface area contributed by atoms with Crippen molar-refractivity contribution in [1.82, 2.24) is 73.6 Å². The van der Waals surface area contributed by atoms with E-state index in [4.69, 9.17) is 17.2 Å². The summed E-state index contributed by atoms with van der Waals surface area (Å²) in [5.41, 5.74) is 19.3. The minimum atomic E-state index is -1.32. The largest absolute Gasteiger partial charge is 0.343 e. The van der Waals surface area contributed by atoms with Crippen molar-refractivity contribution in [1.29, 1.82) is 0 Å². The van der Waals surface area contributed by atoms with Crippen LogP contribution in [0.4, 0.5) is 0 Å². The number of carbonyl (C=O) groups is 14. The molecule has 3 aliphatic rings. The van der Waals surface area contributed by atoms with Crippen molar-refractivity contribution in [3.63, 3.8) is 0 Å². The van der Waals surface area contributed by atoms with Crippen molar-refractivity contribution in [2.24, 2.45) is 58.6 Å². The van der Waals surface area contributed by atoms with Gasteiger partial charge in [-0.05, 0) is 168 Å². The fourth-order valence-electron chi connectivity index (χ4n) is 14.7. The highest BCUT2D eigenvalue weighted by Crippen LogP contribution is 2.25. The molecule has 0 radical (unpaired) electrons. The Kier molecular flexibility index (Phi) is 39.9. The molecule has 3 fully saturated rings. The summed E-state index contributed by atoms with van der Waals surface area (Å²) in [5.74, 6) is -12.3. The average Bonchev–Trinajstić information content (AvgIpc) is 1.73. The van der Waals surface area contributed by atoms with Crippen molar-refractivity contribution >= 4 is 82.7 Å². The van der Waals surface area contributed by atoms with Crippen LogP contribution in [-0.4, -0.2) is 210 Å². The van der Waals surface area contributed by atoms with Crippen molar-refractivity contribution < 1.29 is 67.1 Å². The number of nitrogens with one attached hydrogen (secondary N) is 12. The molecule has 0 aromatic heterocycles. The molecule has 31 heteroatoms. The maximum atomic E-state index is 15.2. The molecule has 2 aromatic rings. The van der Waals surface area contributed by atoms with Crippen molar-refractivity contribution in [2.45, 2.75) is 291 Å². The van der Waals surface area contributed by atoms with Gasteiger partial charge in [-0.25, -0.2) is 0 Å². The summed E-state index contributed by atoms with van der Waals surface area (Å²) in [6.07, 6.45) is 2.08. The highest BCUT2D eigenvalue weighted by atomic mass is 16.2. The van der Waals surface area contributed by atoms with Gasteiger partial charge in [-0.3, -0.25) is 67.1 Å².